The predicted molar refractivity (Wildman–Crippen MR) is 76.8 cm³/mol. The number of hydrogen-bond acceptors (Lipinski definition) is 4. The molecule has 0 aliphatic carbocycles. The van der Waals surface area contributed by atoms with Crippen LogP contribution in [0, 0.1) is 0 Å². The van der Waals surface area contributed by atoms with Crippen LogP contribution in [0.1, 0.15) is 18.2 Å². The molecule has 20 heavy (non-hydrogen) atoms. The van der Waals surface area contributed by atoms with Crippen molar-refractivity contribution >= 4 is 0 Å². The molecule has 1 N–H and O–H groups in total. The summed E-state index contributed by atoms with van der Waals surface area (Å²) in [6, 6.07) is 7.65. The molecule has 1 aromatic carbocycles. The van der Waals surface area contributed by atoms with E-state index in [2.05, 4.69) is 5.10 Å². The predicted octanol–water partition coefficient (Wildman–Crippen LogP) is 1.99. The number of nitrogens with zero attached hydrogens (tertiary/aromatic N) is 2. The Hall–Kier alpha value is -2.01. The Labute approximate surface area is 118 Å². The highest BCUT2D eigenvalue weighted by atomic mass is 16.5. The van der Waals surface area contributed by atoms with Crippen LogP contribution in [0.15, 0.2) is 24.3 Å². The van der Waals surface area contributed by atoms with E-state index in [1.807, 2.05) is 31.2 Å². The highest BCUT2D eigenvalue weighted by Gasteiger charge is 2.19. The van der Waals surface area contributed by atoms with Crippen LogP contribution in [0.2, 0.25) is 0 Å². The van der Waals surface area contributed by atoms with Gasteiger partial charge in [0.2, 0.25) is 5.88 Å². The molecule has 0 bridgehead atoms. The smallest absolute Gasteiger partial charge is 0.220 e. The van der Waals surface area contributed by atoms with Crippen molar-refractivity contribution in [1.82, 2.24) is 9.78 Å². The summed E-state index contributed by atoms with van der Waals surface area (Å²) in [5.74, 6) is 1.38. The average Bonchev–Trinajstić information content (AvgIpc) is 2.85. The molecule has 1 heterocycles. The molecule has 0 fully saturated rings. The monoisotopic (exact) mass is 276 g/mol. The highest BCUT2D eigenvalue weighted by molar-refractivity contribution is 5.50. The summed E-state index contributed by atoms with van der Waals surface area (Å²) in [5.41, 5.74) is 2.70. The molecule has 108 valence electrons. The Kier molecular flexibility index (Phi) is 4.63. The van der Waals surface area contributed by atoms with Crippen LogP contribution in [0.4, 0.5) is 0 Å². The zero-order chi connectivity index (χ0) is 14.5. The van der Waals surface area contributed by atoms with Gasteiger partial charge in [0.05, 0.1) is 19.9 Å². The lowest BCUT2D eigenvalue weighted by Crippen LogP contribution is -2.03. The molecule has 0 spiro atoms. The Morgan fingerprint density at radius 3 is 2.55 bits per heavy atom. The van der Waals surface area contributed by atoms with Crippen LogP contribution in [-0.4, -0.2) is 35.7 Å². The number of para-hydroxylation sites is 2. The van der Waals surface area contributed by atoms with Crippen molar-refractivity contribution in [3.63, 3.8) is 0 Å². The van der Waals surface area contributed by atoms with Crippen molar-refractivity contribution in [3.8, 4) is 17.3 Å². The van der Waals surface area contributed by atoms with Gasteiger partial charge in [-0.05, 0) is 18.6 Å². The van der Waals surface area contributed by atoms with Gasteiger partial charge in [0.15, 0.2) is 0 Å². The number of hydrogen-bond donors (Lipinski definition) is 1. The average molecular weight is 276 g/mol. The molecule has 0 radical (unpaired) electrons. The fourth-order valence-electron chi connectivity index (χ4n) is 2.30. The lowest BCUT2D eigenvalue weighted by molar-refractivity contribution is 0.295. The molecule has 1 aromatic heterocycles. The van der Waals surface area contributed by atoms with Gasteiger partial charge in [0.25, 0.3) is 0 Å². The van der Waals surface area contributed by atoms with Gasteiger partial charge in [-0.1, -0.05) is 19.1 Å². The van der Waals surface area contributed by atoms with Gasteiger partial charge in [-0.2, -0.15) is 9.78 Å². The number of aliphatic hydroxyl groups excluding tert-OH is 1. The molecule has 0 saturated heterocycles. The van der Waals surface area contributed by atoms with E-state index in [1.54, 1.807) is 18.9 Å². The van der Waals surface area contributed by atoms with Crippen LogP contribution in [0.25, 0.3) is 5.69 Å². The highest BCUT2D eigenvalue weighted by Crippen LogP contribution is 2.31. The van der Waals surface area contributed by atoms with Gasteiger partial charge in [-0.15, -0.1) is 0 Å². The van der Waals surface area contributed by atoms with E-state index >= 15 is 0 Å². The number of benzene rings is 1. The quantitative estimate of drug-likeness (QED) is 0.876. The third kappa shape index (κ3) is 2.49. The molecular formula is C15H20N2O3. The summed E-state index contributed by atoms with van der Waals surface area (Å²) >= 11 is 0. The molecule has 0 aliphatic heterocycles. The third-order valence-electron chi connectivity index (χ3n) is 3.22. The minimum absolute atomic E-state index is 0.0704. The minimum Gasteiger partial charge on any atom is -0.494 e. The van der Waals surface area contributed by atoms with Gasteiger partial charge in [-0.25, -0.2) is 0 Å². The molecular weight excluding hydrogens is 256 g/mol. The molecule has 0 atom stereocenters. The Bertz CT molecular complexity index is 578. The van der Waals surface area contributed by atoms with Crippen LogP contribution >= 0.6 is 0 Å². The van der Waals surface area contributed by atoms with E-state index in [9.17, 15) is 5.11 Å². The largest absolute Gasteiger partial charge is 0.494 e. The standard InChI is InChI=1S/C15H20N2O3/c1-4-12-11(9-10-18)15(20-3)17(16-12)13-7-5-6-8-14(13)19-2/h5-8,18H,4,9-10H2,1-3H3. The van der Waals surface area contributed by atoms with Crippen molar-refractivity contribution < 1.29 is 14.6 Å². The van der Waals surface area contributed by atoms with Crippen molar-refractivity contribution in [2.45, 2.75) is 19.8 Å². The fourth-order valence-corrected chi connectivity index (χ4v) is 2.30. The maximum Gasteiger partial charge on any atom is 0.220 e. The first-order valence-electron chi connectivity index (χ1n) is 6.65. The Balaban J connectivity index is 2.61. The Morgan fingerprint density at radius 1 is 1.20 bits per heavy atom. The zero-order valence-corrected chi connectivity index (χ0v) is 12.1. The lowest BCUT2D eigenvalue weighted by atomic mass is 10.1. The van der Waals surface area contributed by atoms with Gasteiger partial charge < -0.3 is 14.6 Å². The first-order chi connectivity index (χ1) is 9.76. The van der Waals surface area contributed by atoms with Gasteiger partial charge in [0, 0.05) is 18.6 Å². The maximum absolute atomic E-state index is 9.22. The molecule has 2 aromatic rings. The van der Waals surface area contributed by atoms with Crippen molar-refractivity contribution in [1.29, 1.82) is 0 Å². The first kappa shape index (κ1) is 14.4. The van der Waals surface area contributed by atoms with Crippen molar-refractivity contribution in [2.75, 3.05) is 20.8 Å². The summed E-state index contributed by atoms with van der Waals surface area (Å²) < 4.78 is 12.6. The summed E-state index contributed by atoms with van der Waals surface area (Å²) in [6.45, 7) is 2.11. The number of aromatic nitrogens is 2. The van der Waals surface area contributed by atoms with E-state index < -0.39 is 0 Å². The number of rotatable bonds is 6. The summed E-state index contributed by atoms with van der Waals surface area (Å²) in [4.78, 5) is 0. The Morgan fingerprint density at radius 2 is 1.95 bits per heavy atom. The molecule has 5 nitrogen and oxygen atoms in total. The second-order valence-electron chi connectivity index (χ2n) is 4.35. The number of aryl methyl sites for hydroxylation is 1. The van der Waals surface area contributed by atoms with E-state index in [1.165, 1.54) is 0 Å². The van der Waals surface area contributed by atoms with Gasteiger partial charge >= 0.3 is 0 Å². The molecule has 5 heteroatoms. The topological polar surface area (TPSA) is 56.5 Å². The molecule has 0 unspecified atom stereocenters. The molecule has 0 aliphatic rings. The molecule has 0 amide bonds. The zero-order valence-electron chi connectivity index (χ0n) is 12.1. The summed E-state index contributed by atoms with van der Waals surface area (Å²) in [5, 5.41) is 13.8. The molecule has 0 saturated carbocycles. The van der Waals surface area contributed by atoms with Crippen molar-refractivity contribution in [2.24, 2.45) is 0 Å². The number of ether oxygens (including phenoxy) is 2. The number of aliphatic hydroxyl groups is 1. The van der Waals surface area contributed by atoms with Crippen LogP contribution < -0.4 is 9.47 Å². The van der Waals surface area contributed by atoms with E-state index in [-0.39, 0.29) is 6.61 Å². The normalized spacial score (nSPS) is 10.6. The minimum atomic E-state index is 0.0704. The van der Waals surface area contributed by atoms with E-state index in [0.717, 1.165) is 29.1 Å². The second kappa shape index (κ2) is 6.43. The van der Waals surface area contributed by atoms with Crippen LogP contribution in [0.5, 0.6) is 11.6 Å². The summed E-state index contributed by atoms with van der Waals surface area (Å²) in [7, 11) is 3.24. The van der Waals surface area contributed by atoms with Crippen molar-refractivity contribution in [3.05, 3.63) is 35.5 Å². The fraction of sp³-hybridized carbons (Fsp3) is 0.400. The molecule has 2 rings (SSSR count). The SMILES string of the molecule is CCc1nn(-c2ccccc2OC)c(OC)c1CCO. The van der Waals surface area contributed by atoms with Gasteiger partial charge in [0.1, 0.15) is 11.4 Å². The van der Waals surface area contributed by atoms with Gasteiger partial charge in [-0.3, -0.25) is 0 Å². The van der Waals surface area contributed by atoms with Crippen LogP contribution in [-0.2, 0) is 12.8 Å². The second-order valence-corrected chi connectivity index (χ2v) is 4.35. The first-order valence-corrected chi connectivity index (χ1v) is 6.65. The maximum atomic E-state index is 9.22. The number of methoxy groups -OCH3 is 2. The third-order valence-corrected chi connectivity index (χ3v) is 3.22. The van der Waals surface area contributed by atoms with E-state index in [4.69, 9.17) is 9.47 Å². The van der Waals surface area contributed by atoms with E-state index in [0.29, 0.717) is 12.3 Å². The summed E-state index contributed by atoms with van der Waals surface area (Å²) in [6.07, 6.45) is 1.31. The lowest BCUT2D eigenvalue weighted by Gasteiger charge is -2.11. The van der Waals surface area contributed by atoms with Crippen LogP contribution in [0.3, 0.4) is 0 Å².